The number of benzene rings is 3. The Labute approximate surface area is 287 Å². The Morgan fingerprint density at radius 2 is 1.30 bits per heavy atom. The second-order valence-corrected chi connectivity index (χ2v) is 13.9. The van der Waals surface area contributed by atoms with E-state index in [1.165, 1.54) is 37.8 Å². The van der Waals surface area contributed by atoms with Crippen LogP contribution in [0.2, 0.25) is 0 Å². The minimum Gasteiger partial charge on any atom is -0.432 e. The Balaban J connectivity index is 1.10. The molecule has 11 heteroatoms. The van der Waals surface area contributed by atoms with Crippen LogP contribution in [0.1, 0.15) is 107 Å². The number of hydrogen-bond donors (Lipinski definition) is 0. The van der Waals surface area contributed by atoms with Crippen molar-refractivity contribution < 1.29 is 49.0 Å². The van der Waals surface area contributed by atoms with Gasteiger partial charge in [-0.25, -0.2) is 22.0 Å². The van der Waals surface area contributed by atoms with Gasteiger partial charge in [0.05, 0.1) is 18.1 Å². The van der Waals surface area contributed by atoms with Gasteiger partial charge < -0.3 is 9.47 Å². The molecule has 2 aliphatic rings. The molecule has 2 saturated carbocycles. The summed E-state index contributed by atoms with van der Waals surface area (Å²) in [7, 11) is 0. The standard InChI is InChI=1S/C39H43F9O2/c1-2-3-4-5-24-6-10-26(11-7-24)27-12-16-31(33(40)20-27)28-13-17-32(34(41)21-28)39(47,48)49-19-18-25-8-14-29(15-9-25)38(45,46)50-30-22-35(42)37(44)36(43)23-30/h12-13,16-17,20-26,29H,2-11,14-15,18-19H2,1H3. The summed E-state index contributed by atoms with van der Waals surface area (Å²) in [6.45, 7) is 1.72. The Morgan fingerprint density at radius 1 is 0.660 bits per heavy atom. The van der Waals surface area contributed by atoms with E-state index < -0.39 is 65.1 Å². The smallest absolute Gasteiger partial charge is 0.400 e. The second-order valence-electron chi connectivity index (χ2n) is 13.9. The van der Waals surface area contributed by atoms with E-state index >= 15 is 8.78 Å². The zero-order chi connectivity index (χ0) is 36.1. The normalized spacial score (nSPS) is 21.7. The summed E-state index contributed by atoms with van der Waals surface area (Å²) in [6.07, 6.45) is 1.76. The summed E-state index contributed by atoms with van der Waals surface area (Å²) >= 11 is 0. The number of alkyl halides is 4. The molecule has 0 radical (unpaired) electrons. The van der Waals surface area contributed by atoms with Gasteiger partial charge in [0.2, 0.25) is 0 Å². The number of halogens is 9. The molecule has 5 rings (SSSR count). The predicted octanol–water partition coefficient (Wildman–Crippen LogP) is 12.8. The molecule has 0 heterocycles. The van der Waals surface area contributed by atoms with Gasteiger partial charge in [-0.05, 0) is 105 Å². The van der Waals surface area contributed by atoms with Gasteiger partial charge in [-0.1, -0.05) is 50.8 Å². The van der Waals surface area contributed by atoms with Gasteiger partial charge in [0, 0.05) is 17.7 Å². The third-order valence-electron chi connectivity index (χ3n) is 10.5. The summed E-state index contributed by atoms with van der Waals surface area (Å²) in [5.74, 6) is -8.35. The molecular weight excluding hydrogens is 671 g/mol. The fourth-order valence-corrected chi connectivity index (χ4v) is 7.46. The van der Waals surface area contributed by atoms with Crippen LogP contribution in [0.25, 0.3) is 11.1 Å². The number of ether oxygens (including phenoxy) is 2. The molecule has 274 valence electrons. The SMILES string of the molecule is CCCCCC1CCC(c2ccc(-c3ccc(C(F)(F)OCCC4CCC(C(F)(F)Oc5cc(F)c(F)c(F)c5)CC4)c(F)c3)c(F)c2)CC1. The van der Waals surface area contributed by atoms with Crippen molar-refractivity contribution in [3.63, 3.8) is 0 Å². The Morgan fingerprint density at radius 3 is 1.92 bits per heavy atom. The van der Waals surface area contributed by atoms with Crippen LogP contribution >= 0.6 is 0 Å². The van der Waals surface area contributed by atoms with Crippen LogP contribution in [-0.2, 0) is 10.8 Å². The first-order valence-electron chi connectivity index (χ1n) is 17.6. The van der Waals surface area contributed by atoms with Gasteiger partial charge in [-0.2, -0.15) is 17.6 Å². The molecule has 0 unspecified atom stereocenters. The van der Waals surface area contributed by atoms with Crippen molar-refractivity contribution in [3.8, 4) is 16.9 Å². The lowest BCUT2D eigenvalue weighted by molar-refractivity contribution is -0.252. The molecule has 3 aromatic carbocycles. The molecule has 0 N–H and O–H groups in total. The van der Waals surface area contributed by atoms with E-state index in [-0.39, 0.29) is 55.1 Å². The third kappa shape index (κ3) is 9.36. The molecule has 0 aromatic heterocycles. The Kier molecular flexibility index (Phi) is 12.5. The fraction of sp³-hybridized carbons (Fsp3) is 0.538. The van der Waals surface area contributed by atoms with E-state index in [9.17, 15) is 30.7 Å². The molecule has 2 nitrogen and oxygen atoms in total. The quantitative estimate of drug-likeness (QED) is 0.0940. The first kappa shape index (κ1) is 38.0. The van der Waals surface area contributed by atoms with Crippen LogP contribution in [0.5, 0.6) is 5.75 Å². The minimum absolute atomic E-state index is 0.0614. The first-order chi connectivity index (χ1) is 23.8. The van der Waals surface area contributed by atoms with Crippen molar-refractivity contribution in [2.24, 2.45) is 17.8 Å². The number of unbranched alkanes of at least 4 members (excludes halogenated alkanes) is 2. The van der Waals surface area contributed by atoms with Crippen LogP contribution in [0.4, 0.5) is 39.5 Å². The Bertz CT molecular complexity index is 1550. The van der Waals surface area contributed by atoms with Crippen LogP contribution in [0, 0.1) is 46.8 Å². The van der Waals surface area contributed by atoms with Crippen molar-refractivity contribution in [2.75, 3.05) is 6.61 Å². The lowest BCUT2D eigenvalue weighted by Crippen LogP contribution is -2.37. The average Bonchev–Trinajstić information content (AvgIpc) is 3.07. The number of rotatable bonds is 14. The van der Waals surface area contributed by atoms with Crippen LogP contribution in [0.3, 0.4) is 0 Å². The summed E-state index contributed by atoms with van der Waals surface area (Å²) in [5.41, 5.74) is 0.130. The topological polar surface area (TPSA) is 18.5 Å². The van der Waals surface area contributed by atoms with Crippen LogP contribution in [-0.4, -0.2) is 12.7 Å². The molecule has 2 aliphatic carbocycles. The molecule has 2 fully saturated rings. The van der Waals surface area contributed by atoms with Gasteiger partial charge in [-0.15, -0.1) is 0 Å². The maximum Gasteiger partial charge on any atom is 0.400 e. The molecule has 0 spiro atoms. The molecule has 0 saturated heterocycles. The van der Waals surface area contributed by atoms with Crippen molar-refractivity contribution in [1.82, 2.24) is 0 Å². The zero-order valence-corrected chi connectivity index (χ0v) is 28.0. The maximum atomic E-state index is 15.2. The molecule has 0 atom stereocenters. The highest BCUT2D eigenvalue weighted by molar-refractivity contribution is 5.65. The maximum absolute atomic E-state index is 15.2. The fourth-order valence-electron chi connectivity index (χ4n) is 7.46. The van der Waals surface area contributed by atoms with Gasteiger partial charge in [0.15, 0.2) is 17.5 Å². The van der Waals surface area contributed by atoms with E-state index in [4.69, 9.17) is 4.74 Å². The average molecular weight is 715 g/mol. The van der Waals surface area contributed by atoms with Gasteiger partial charge in [0.1, 0.15) is 17.4 Å². The largest absolute Gasteiger partial charge is 0.432 e. The van der Waals surface area contributed by atoms with Gasteiger partial charge in [-0.3, -0.25) is 0 Å². The van der Waals surface area contributed by atoms with E-state index in [0.717, 1.165) is 43.4 Å². The van der Waals surface area contributed by atoms with Crippen molar-refractivity contribution in [1.29, 1.82) is 0 Å². The summed E-state index contributed by atoms with van der Waals surface area (Å²) in [4.78, 5) is 0. The molecule has 0 amide bonds. The minimum atomic E-state index is -3.99. The number of hydrogen-bond acceptors (Lipinski definition) is 2. The van der Waals surface area contributed by atoms with E-state index in [2.05, 4.69) is 11.7 Å². The van der Waals surface area contributed by atoms with E-state index in [0.29, 0.717) is 18.1 Å². The summed E-state index contributed by atoms with van der Waals surface area (Å²) in [6, 6.07) is 8.52. The third-order valence-corrected chi connectivity index (χ3v) is 10.5. The van der Waals surface area contributed by atoms with Crippen molar-refractivity contribution >= 4 is 0 Å². The van der Waals surface area contributed by atoms with Gasteiger partial charge >= 0.3 is 12.2 Å². The van der Waals surface area contributed by atoms with E-state index in [1.54, 1.807) is 6.07 Å². The molecular formula is C39H43F9O2. The molecule has 0 aliphatic heterocycles. The Hall–Kier alpha value is -3.21. The molecule has 0 bridgehead atoms. The monoisotopic (exact) mass is 714 g/mol. The van der Waals surface area contributed by atoms with Gasteiger partial charge in [0.25, 0.3) is 0 Å². The summed E-state index contributed by atoms with van der Waals surface area (Å²) < 4.78 is 139. The second kappa shape index (κ2) is 16.4. The zero-order valence-electron chi connectivity index (χ0n) is 28.0. The first-order valence-corrected chi connectivity index (χ1v) is 17.6. The van der Waals surface area contributed by atoms with Crippen LogP contribution < -0.4 is 4.74 Å². The van der Waals surface area contributed by atoms with Crippen molar-refractivity contribution in [2.45, 2.75) is 109 Å². The lowest BCUT2D eigenvalue weighted by Gasteiger charge is -2.33. The van der Waals surface area contributed by atoms with Crippen LogP contribution in [0.15, 0.2) is 48.5 Å². The van der Waals surface area contributed by atoms with Crippen molar-refractivity contribution in [3.05, 3.63) is 88.7 Å². The lowest BCUT2D eigenvalue weighted by atomic mass is 9.77. The molecule has 50 heavy (non-hydrogen) atoms. The highest BCUT2D eigenvalue weighted by Crippen LogP contribution is 2.43. The predicted molar refractivity (Wildman–Crippen MR) is 172 cm³/mol. The highest BCUT2D eigenvalue weighted by atomic mass is 19.3. The molecule has 3 aromatic rings. The summed E-state index contributed by atoms with van der Waals surface area (Å²) in [5, 5.41) is 0. The van der Waals surface area contributed by atoms with E-state index in [1.807, 2.05) is 6.07 Å². The highest BCUT2D eigenvalue weighted by Gasteiger charge is 2.44.